The van der Waals surface area contributed by atoms with Crippen LogP contribution in [0.15, 0.2) is 17.5 Å². The van der Waals surface area contributed by atoms with Gasteiger partial charge in [-0.1, -0.05) is 6.07 Å². The van der Waals surface area contributed by atoms with E-state index in [1.165, 1.54) is 0 Å². The maximum atomic E-state index is 11.9. The van der Waals surface area contributed by atoms with E-state index in [1.807, 2.05) is 34.0 Å². The molecule has 0 aliphatic heterocycles. The van der Waals surface area contributed by atoms with Crippen LogP contribution in [0.4, 0.5) is 0 Å². The Bertz CT molecular complexity index is 730. The number of aromatic nitrogens is 3. The van der Waals surface area contributed by atoms with Gasteiger partial charge in [-0.25, -0.2) is 4.68 Å². The van der Waals surface area contributed by atoms with Crippen LogP contribution < -0.4 is 5.32 Å². The molecule has 1 aliphatic rings. The van der Waals surface area contributed by atoms with Crippen LogP contribution in [0, 0.1) is 4.77 Å². The second-order valence-corrected chi connectivity index (χ2v) is 7.14. The molecule has 0 unspecified atom stereocenters. The van der Waals surface area contributed by atoms with Gasteiger partial charge < -0.3 is 5.32 Å². The number of rotatable bonds is 7. The second kappa shape index (κ2) is 6.94. The van der Waals surface area contributed by atoms with Crippen LogP contribution >= 0.6 is 23.6 Å². The zero-order valence-electron chi connectivity index (χ0n) is 13.4. The number of nitrogens with one attached hydrogen (secondary N) is 1. The predicted molar refractivity (Wildman–Crippen MR) is 93.8 cm³/mol. The molecule has 1 amide bonds. The number of hydrogen-bond donors (Lipinski definition) is 1. The Labute approximate surface area is 144 Å². The molecule has 6 nitrogen and oxygen atoms in total. The maximum absolute atomic E-state index is 11.9. The lowest BCUT2D eigenvalue weighted by Gasteiger charge is -2.15. The molecule has 1 saturated carbocycles. The van der Waals surface area contributed by atoms with Gasteiger partial charge in [-0.15, -0.1) is 16.4 Å². The van der Waals surface area contributed by atoms with Gasteiger partial charge in [0.05, 0.1) is 18.1 Å². The van der Waals surface area contributed by atoms with Crippen molar-refractivity contribution >= 4 is 29.5 Å². The molecule has 3 rings (SSSR count). The third-order valence-electron chi connectivity index (χ3n) is 3.71. The van der Waals surface area contributed by atoms with Crippen molar-refractivity contribution in [2.24, 2.45) is 0 Å². The van der Waals surface area contributed by atoms with Crippen molar-refractivity contribution in [2.45, 2.75) is 39.0 Å². The Morgan fingerprint density at radius 3 is 2.96 bits per heavy atom. The third-order valence-corrected chi connectivity index (χ3v) is 5.01. The van der Waals surface area contributed by atoms with E-state index in [2.05, 4.69) is 17.3 Å². The van der Waals surface area contributed by atoms with Gasteiger partial charge in [-0.3, -0.25) is 14.3 Å². The highest BCUT2D eigenvalue weighted by molar-refractivity contribution is 7.71. The molecule has 0 atom stereocenters. The van der Waals surface area contributed by atoms with E-state index in [0.717, 1.165) is 30.1 Å². The average molecular weight is 352 g/mol. The lowest BCUT2D eigenvalue weighted by Crippen LogP contribution is -2.37. The smallest absolute Gasteiger partial charge is 0.234 e. The summed E-state index contributed by atoms with van der Waals surface area (Å²) in [5, 5.41) is 9.69. The molecule has 8 heteroatoms. The number of carbonyl (C=O) groups is 1. The zero-order valence-corrected chi connectivity index (χ0v) is 15.0. The average Bonchev–Trinajstić information content (AvgIpc) is 3.04. The first-order valence-corrected chi connectivity index (χ1v) is 9.06. The Morgan fingerprint density at radius 2 is 2.35 bits per heavy atom. The first-order chi connectivity index (χ1) is 11.1. The Hall–Kier alpha value is -1.51. The first kappa shape index (κ1) is 16.4. The zero-order chi connectivity index (χ0) is 16.4. The van der Waals surface area contributed by atoms with Crippen LogP contribution in [-0.2, 0) is 18.0 Å². The Balaban J connectivity index is 1.72. The fraction of sp³-hybridized carbons (Fsp3) is 0.533. The van der Waals surface area contributed by atoms with E-state index >= 15 is 0 Å². The van der Waals surface area contributed by atoms with E-state index < -0.39 is 0 Å². The molecule has 0 aromatic carbocycles. The molecule has 0 bridgehead atoms. The summed E-state index contributed by atoms with van der Waals surface area (Å²) >= 11 is 7.19. The summed E-state index contributed by atoms with van der Waals surface area (Å²) in [7, 11) is 1.91. The summed E-state index contributed by atoms with van der Waals surface area (Å²) in [5.41, 5.74) is 0. The van der Waals surface area contributed by atoms with Gasteiger partial charge in [0.15, 0.2) is 10.6 Å². The number of hydrogen-bond acceptors (Lipinski definition) is 5. The van der Waals surface area contributed by atoms with Crippen LogP contribution in [0.3, 0.4) is 0 Å². The normalized spacial score (nSPS) is 14.4. The van der Waals surface area contributed by atoms with Gasteiger partial charge >= 0.3 is 0 Å². The topological polar surface area (TPSA) is 55.1 Å². The SMILES string of the molecule is CCn1c(-c2cccs2)nn(CN(C)CC(=O)NC2CC2)c1=S. The molecule has 1 fully saturated rings. The highest BCUT2D eigenvalue weighted by Gasteiger charge is 2.23. The predicted octanol–water partition coefficient (Wildman–Crippen LogP) is 2.33. The second-order valence-electron chi connectivity index (χ2n) is 5.82. The van der Waals surface area contributed by atoms with Crippen LogP contribution in [0.5, 0.6) is 0 Å². The minimum Gasteiger partial charge on any atom is -0.352 e. The minimum atomic E-state index is 0.0647. The molecule has 124 valence electrons. The van der Waals surface area contributed by atoms with Crippen LogP contribution in [-0.4, -0.2) is 44.8 Å². The van der Waals surface area contributed by atoms with E-state index in [4.69, 9.17) is 12.2 Å². The maximum Gasteiger partial charge on any atom is 0.234 e. The lowest BCUT2D eigenvalue weighted by molar-refractivity contribution is -0.122. The highest BCUT2D eigenvalue weighted by atomic mass is 32.1. The van der Waals surface area contributed by atoms with Gasteiger partial charge in [0.2, 0.25) is 5.91 Å². The molecule has 0 spiro atoms. The molecule has 2 heterocycles. The molecule has 2 aromatic heterocycles. The third kappa shape index (κ3) is 3.88. The van der Waals surface area contributed by atoms with Crippen LogP contribution in [0.1, 0.15) is 19.8 Å². The molecule has 23 heavy (non-hydrogen) atoms. The first-order valence-electron chi connectivity index (χ1n) is 7.78. The van der Waals surface area contributed by atoms with Crippen molar-refractivity contribution in [3.63, 3.8) is 0 Å². The summed E-state index contributed by atoms with van der Waals surface area (Å²) in [6.07, 6.45) is 2.21. The van der Waals surface area contributed by atoms with Gasteiger partial charge in [0, 0.05) is 12.6 Å². The van der Waals surface area contributed by atoms with Gasteiger partial charge in [-0.2, -0.15) is 0 Å². The van der Waals surface area contributed by atoms with E-state index in [9.17, 15) is 4.79 Å². The van der Waals surface area contributed by atoms with Gasteiger partial charge in [0.1, 0.15) is 0 Å². The fourth-order valence-electron chi connectivity index (χ4n) is 2.43. The number of carbonyl (C=O) groups excluding carboxylic acids is 1. The fourth-order valence-corrected chi connectivity index (χ4v) is 3.46. The number of thiophene rings is 1. The summed E-state index contributed by atoms with van der Waals surface area (Å²) in [6, 6.07) is 4.45. The van der Waals surface area contributed by atoms with Crippen molar-refractivity contribution < 1.29 is 4.79 Å². The summed E-state index contributed by atoms with van der Waals surface area (Å²) in [6.45, 7) is 3.69. The Kier molecular flexibility index (Phi) is 4.93. The molecule has 2 aromatic rings. The van der Waals surface area contributed by atoms with Gasteiger partial charge in [-0.05, 0) is 50.5 Å². The Morgan fingerprint density at radius 1 is 1.57 bits per heavy atom. The monoisotopic (exact) mass is 351 g/mol. The minimum absolute atomic E-state index is 0.0647. The van der Waals surface area contributed by atoms with Crippen molar-refractivity contribution in [3.05, 3.63) is 22.3 Å². The summed E-state index contributed by atoms with van der Waals surface area (Å²) in [5.74, 6) is 0.957. The van der Waals surface area contributed by atoms with Gasteiger partial charge in [0.25, 0.3) is 0 Å². The van der Waals surface area contributed by atoms with E-state index in [0.29, 0.717) is 24.0 Å². The molecule has 1 aliphatic carbocycles. The van der Waals surface area contributed by atoms with Crippen molar-refractivity contribution in [2.75, 3.05) is 13.6 Å². The molecule has 0 saturated heterocycles. The van der Waals surface area contributed by atoms with Crippen LogP contribution in [0.25, 0.3) is 10.7 Å². The number of nitrogens with zero attached hydrogens (tertiary/aromatic N) is 4. The van der Waals surface area contributed by atoms with Crippen molar-refractivity contribution in [1.29, 1.82) is 0 Å². The molecular formula is C15H21N5OS2. The molecular weight excluding hydrogens is 330 g/mol. The number of amides is 1. The van der Waals surface area contributed by atoms with Crippen molar-refractivity contribution in [3.8, 4) is 10.7 Å². The van der Waals surface area contributed by atoms with E-state index in [-0.39, 0.29) is 5.91 Å². The summed E-state index contributed by atoms with van der Waals surface area (Å²) < 4.78 is 4.50. The lowest BCUT2D eigenvalue weighted by atomic mass is 10.4. The molecule has 1 N–H and O–H groups in total. The largest absolute Gasteiger partial charge is 0.352 e. The van der Waals surface area contributed by atoms with E-state index in [1.54, 1.807) is 16.0 Å². The number of likely N-dealkylation sites (N-methyl/N-ethyl adjacent to an activating group) is 1. The highest BCUT2D eigenvalue weighted by Crippen LogP contribution is 2.23. The molecule has 0 radical (unpaired) electrons. The van der Waals surface area contributed by atoms with Crippen LogP contribution in [0.2, 0.25) is 0 Å². The quantitative estimate of drug-likeness (QED) is 0.778. The van der Waals surface area contributed by atoms with Crippen molar-refractivity contribution in [1.82, 2.24) is 24.6 Å². The summed E-state index contributed by atoms with van der Waals surface area (Å²) in [4.78, 5) is 14.9. The standard InChI is InChI=1S/C15H21N5OS2/c1-3-19-14(12-5-4-8-23-12)17-20(15(19)22)10-18(2)9-13(21)16-11-6-7-11/h4-5,8,11H,3,6-7,9-10H2,1-2H3,(H,16,21).